The minimum Gasteiger partial charge on any atom is -0.505 e. The van der Waals surface area contributed by atoms with Crippen LogP contribution in [0.15, 0.2) is 12.1 Å². The molecule has 0 aliphatic rings. The van der Waals surface area contributed by atoms with Gasteiger partial charge in [-0.1, -0.05) is 0 Å². The molecule has 0 bridgehead atoms. The second kappa shape index (κ2) is 4.22. The van der Waals surface area contributed by atoms with Gasteiger partial charge in [-0.2, -0.15) is 0 Å². The second-order valence-electron chi connectivity index (χ2n) is 2.94. The molecule has 1 aromatic carbocycles. The quantitative estimate of drug-likeness (QED) is 0.711. The van der Waals surface area contributed by atoms with Crippen LogP contribution in [0.4, 0.5) is 8.78 Å². The van der Waals surface area contributed by atoms with Crippen molar-refractivity contribution < 1.29 is 28.9 Å². The van der Waals surface area contributed by atoms with E-state index < -0.39 is 41.4 Å². The number of halogens is 2. The van der Waals surface area contributed by atoms with E-state index in [4.69, 9.17) is 10.2 Å². The van der Waals surface area contributed by atoms with Gasteiger partial charge in [-0.25, -0.2) is 8.78 Å². The first kappa shape index (κ1) is 11.4. The maximum absolute atomic E-state index is 12.8. The standard InChI is InChI=1S/C9H8F2O4/c10-4-1-5(7(12)3-8(13)14)9(15)6(11)2-4/h1-2,7,12,15H,3H2,(H,13,14)/t7-/m1/s1. The van der Waals surface area contributed by atoms with Crippen LogP contribution < -0.4 is 0 Å². The third kappa shape index (κ3) is 2.63. The maximum atomic E-state index is 12.8. The Morgan fingerprint density at radius 3 is 2.53 bits per heavy atom. The topological polar surface area (TPSA) is 77.8 Å². The molecular weight excluding hydrogens is 210 g/mol. The van der Waals surface area contributed by atoms with Gasteiger partial charge in [0.05, 0.1) is 12.5 Å². The zero-order chi connectivity index (χ0) is 11.6. The molecule has 15 heavy (non-hydrogen) atoms. The first-order valence-corrected chi connectivity index (χ1v) is 3.99. The lowest BCUT2D eigenvalue weighted by atomic mass is 10.1. The number of phenols is 1. The van der Waals surface area contributed by atoms with Gasteiger partial charge in [0, 0.05) is 11.6 Å². The van der Waals surface area contributed by atoms with Gasteiger partial charge in [-0.15, -0.1) is 0 Å². The summed E-state index contributed by atoms with van der Waals surface area (Å²) in [6.07, 6.45) is -2.39. The molecular formula is C9H8F2O4. The van der Waals surface area contributed by atoms with Crippen LogP contribution in [0.5, 0.6) is 5.75 Å². The molecule has 0 heterocycles. The lowest BCUT2D eigenvalue weighted by Crippen LogP contribution is -2.06. The van der Waals surface area contributed by atoms with E-state index in [0.29, 0.717) is 12.1 Å². The highest BCUT2D eigenvalue weighted by atomic mass is 19.1. The number of rotatable bonds is 3. The predicted octanol–water partition coefficient (Wildman–Crippen LogP) is 1.18. The predicted molar refractivity (Wildman–Crippen MR) is 45.2 cm³/mol. The van der Waals surface area contributed by atoms with E-state index in [2.05, 4.69) is 0 Å². The second-order valence-corrected chi connectivity index (χ2v) is 2.94. The highest BCUT2D eigenvalue weighted by molar-refractivity contribution is 5.67. The smallest absolute Gasteiger partial charge is 0.306 e. The number of phenolic OH excluding ortho intramolecular Hbond substituents is 1. The molecule has 1 atom stereocenters. The van der Waals surface area contributed by atoms with Gasteiger partial charge < -0.3 is 15.3 Å². The summed E-state index contributed by atoms with van der Waals surface area (Å²) in [7, 11) is 0. The van der Waals surface area contributed by atoms with Crippen molar-refractivity contribution in [3.05, 3.63) is 29.3 Å². The number of hydrogen-bond donors (Lipinski definition) is 3. The molecule has 0 unspecified atom stereocenters. The van der Waals surface area contributed by atoms with Crippen LogP contribution in [0.25, 0.3) is 0 Å². The van der Waals surface area contributed by atoms with Crippen molar-refractivity contribution in [2.45, 2.75) is 12.5 Å². The molecule has 0 spiro atoms. The molecule has 0 saturated heterocycles. The number of aliphatic hydroxyl groups excluding tert-OH is 1. The summed E-state index contributed by atoms with van der Waals surface area (Å²) in [5, 5.41) is 26.7. The van der Waals surface area contributed by atoms with Crippen LogP contribution in [0.3, 0.4) is 0 Å². The van der Waals surface area contributed by atoms with Gasteiger partial charge in [-0.05, 0) is 6.07 Å². The van der Waals surface area contributed by atoms with E-state index in [1.165, 1.54) is 0 Å². The van der Waals surface area contributed by atoms with Gasteiger partial charge in [0.25, 0.3) is 0 Å². The zero-order valence-corrected chi connectivity index (χ0v) is 7.44. The Kier molecular flexibility index (Phi) is 3.21. The minimum absolute atomic E-state index is 0.437. The van der Waals surface area contributed by atoms with E-state index in [1.807, 2.05) is 0 Å². The average molecular weight is 218 g/mol. The Balaban J connectivity index is 3.07. The van der Waals surface area contributed by atoms with Crippen LogP contribution in [-0.4, -0.2) is 21.3 Å². The number of carbonyl (C=O) groups is 1. The van der Waals surface area contributed by atoms with Gasteiger partial charge in [-0.3, -0.25) is 4.79 Å². The Morgan fingerprint density at radius 2 is 2.00 bits per heavy atom. The third-order valence-corrected chi connectivity index (χ3v) is 1.78. The molecule has 0 aliphatic heterocycles. The fourth-order valence-corrected chi connectivity index (χ4v) is 1.12. The molecule has 82 valence electrons. The summed E-state index contributed by atoms with van der Waals surface area (Å²) in [5.74, 6) is -4.52. The molecule has 0 aromatic heterocycles. The van der Waals surface area contributed by atoms with Crippen LogP contribution in [0, 0.1) is 11.6 Å². The molecule has 0 fully saturated rings. The van der Waals surface area contributed by atoms with E-state index >= 15 is 0 Å². The Hall–Kier alpha value is -1.69. The van der Waals surface area contributed by atoms with Crippen molar-refractivity contribution in [2.75, 3.05) is 0 Å². The largest absolute Gasteiger partial charge is 0.505 e. The van der Waals surface area contributed by atoms with Crippen LogP contribution in [0.1, 0.15) is 18.1 Å². The van der Waals surface area contributed by atoms with Crippen LogP contribution in [-0.2, 0) is 4.79 Å². The number of benzene rings is 1. The molecule has 1 rings (SSSR count). The molecule has 3 N–H and O–H groups in total. The number of carboxylic acids is 1. The van der Waals surface area contributed by atoms with Crippen LogP contribution >= 0.6 is 0 Å². The number of aromatic hydroxyl groups is 1. The molecule has 0 radical (unpaired) electrons. The van der Waals surface area contributed by atoms with Gasteiger partial charge in [0.1, 0.15) is 5.82 Å². The van der Waals surface area contributed by atoms with Crippen molar-refractivity contribution in [2.24, 2.45) is 0 Å². The summed E-state index contributed by atoms with van der Waals surface area (Å²) < 4.78 is 25.5. The normalized spacial score (nSPS) is 12.5. The van der Waals surface area contributed by atoms with E-state index in [0.717, 1.165) is 0 Å². The van der Waals surface area contributed by atoms with E-state index in [1.54, 1.807) is 0 Å². The summed E-state index contributed by atoms with van der Waals surface area (Å²) in [6.45, 7) is 0. The van der Waals surface area contributed by atoms with Crippen molar-refractivity contribution in [3.8, 4) is 5.75 Å². The van der Waals surface area contributed by atoms with Gasteiger partial charge in [0.2, 0.25) is 0 Å². The monoisotopic (exact) mass is 218 g/mol. The number of aliphatic hydroxyl groups is 1. The van der Waals surface area contributed by atoms with Crippen LogP contribution in [0.2, 0.25) is 0 Å². The highest BCUT2D eigenvalue weighted by Crippen LogP contribution is 2.29. The Morgan fingerprint density at radius 1 is 1.40 bits per heavy atom. The summed E-state index contributed by atoms with van der Waals surface area (Å²) in [5.41, 5.74) is -0.477. The first-order valence-electron chi connectivity index (χ1n) is 3.99. The SMILES string of the molecule is O=C(O)C[C@@H](O)c1cc(F)cc(F)c1O. The molecule has 6 heteroatoms. The fraction of sp³-hybridized carbons (Fsp3) is 0.222. The van der Waals surface area contributed by atoms with Crippen molar-refractivity contribution in [3.63, 3.8) is 0 Å². The highest BCUT2D eigenvalue weighted by Gasteiger charge is 2.19. The lowest BCUT2D eigenvalue weighted by molar-refractivity contribution is -0.139. The van der Waals surface area contributed by atoms with Crippen molar-refractivity contribution in [1.82, 2.24) is 0 Å². The molecule has 1 aromatic rings. The molecule has 4 nitrogen and oxygen atoms in total. The van der Waals surface area contributed by atoms with Crippen molar-refractivity contribution >= 4 is 5.97 Å². The minimum atomic E-state index is -1.65. The van der Waals surface area contributed by atoms with Gasteiger partial charge in [0.15, 0.2) is 11.6 Å². The molecule has 0 saturated carbocycles. The van der Waals surface area contributed by atoms with Crippen molar-refractivity contribution in [1.29, 1.82) is 0 Å². The number of aliphatic carboxylic acids is 1. The Bertz CT molecular complexity index is 392. The summed E-state index contributed by atoms with van der Waals surface area (Å²) in [6, 6.07) is 1.12. The number of hydrogen-bond acceptors (Lipinski definition) is 3. The lowest BCUT2D eigenvalue weighted by Gasteiger charge is -2.10. The summed E-state index contributed by atoms with van der Waals surface area (Å²) >= 11 is 0. The first-order chi connectivity index (χ1) is 6.91. The zero-order valence-electron chi connectivity index (χ0n) is 7.44. The maximum Gasteiger partial charge on any atom is 0.306 e. The average Bonchev–Trinajstić information content (AvgIpc) is 2.09. The van der Waals surface area contributed by atoms with Gasteiger partial charge >= 0.3 is 5.97 Å². The Labute approximate surface area is 83.4 Å². The van der Waals surface area contributed by atoms with E-state index in [-0.39, 0.29) is 0 Å². The van der Waals surface area contributed by atoms with E-state index in [9.17, 15) is 18.7 Å². The third-order valence-electron chi connectivity index (χ3n) is 1.78. The molecule has 0 amide bonds. The fourth-order valence-electron chi connectivity index (χ4n) is 1.12. The number of carboxylic acid groups (broad SMARTS) is 1. The summed E-state index contributed by atoms with van der Waals surface area (Å²) in [4.78, 5) is 10.2. The molecule has 0 aliphatic carbocycles.